The second-order valence-corrected chi connectivity index (χ2v) is 6.02. The van der Waals surface area contributed by atoms with Crippen molar-refractivity contribution in [3.63, 3.8) is 0 Å². The van der Waals surface area contributed by atoms with E-state index >= 15 is 0 Å². The number of nitriles is 1. The quantitative estimate of drug-likeness (QED) is 0.745. The van der Waals surface area contributed by atoms with Crippen LogP contribution in [-0.2, 0) is 4.79 Å². The summed E-state index contributed by atoms with van der Waals surface area (Å²) in [4.78, 5) is 15.8. The van der Waals surface area contributed by atoms with E-state index in [1.54, 1.807) is 6.20 Å². The van der Waals surface area contributed by atoms with E-state index in [4.69, 9.17) is 0 Å². The molecule has 0 bridgehead atoms. The normalized spacial score (nSPS) is 10.3. The minimum absolute atomic E-state index is 0.139. The first-order chi connectivity index (χ1) is 12.0. The molecule has 0 radical (unpaired) electrons. The molecule has 2 aromatic carbocycles. The molecule has 1 aromatic heterocycles. The van der Waals surface area contributed by atoms with Gasteiger partial charge in [0, 0.05) is 29.9 Å². The van der Waals surface area contributed by atoms with Crippen LogP contribution < -0.4 is 10.6 Å². The van der Waals surface area contributed by atoms with Crippen LogP contribution in [0.1, 0.15) is 23.6 Å². The molecule has 0 unspecified atom stereocenters. The molecule has 0 atom stereocenters. The van der Waals surface area contributed by atoms with Crippen LogP contribution in [-0.4, -0.2) is 10.9 Å². The van der Waals surface area contributed by atoms with Gasteiger partial charge in [0.15, 0.2) is 0 Å². The Bertz CT molecular complexity index is 1000. The van der Waals surface area contributed by atoms with Gasteiger partial charge in [0.2, 0.25) is 5.91 Å². The Kier molecular flexibility index (Phi) is 4.36. The summed E-state index contributed by atoms with van der Waals surface area (Å²) in [5, 5.41) is 16.4. The molecule has 2 N–H and O–H groups in total. The lowest BCUT2D eigenvalue weighted by Crippen LogP contribution is -2.07. The predicted octanol–water partition coefficient (Wildman–Crippen LogP) is 4.43. The first kappa shape index (κ1) is 16.5. The topological polar surface area (TPSA) is 77.8 Å². The summed E-state index contributed by atoms with van der Waals surface area (Å²) >= 11 is 0. The third-order valence-corrected chi connectivity index (χ3v) is 3.97. The number of rotatable bonds is 3. The van der Waals surface area contributed by atoms with Crippen molar-refractivity contribution < 1.29 is 4.79 Å². The number of anilines is 3. The Morgan fingerprint density at radius 1 is 1.16 bits per heavy atom. The number of amides is 1. The molecule has 124 valence electrons. The predicted molar refractivity (Wildman–Crippen MR) is 100.0 cm³/mol. The standard InChI is InChI=1S/C20H18N4O/c1-12-4-6-16(7-5-12)24-20-15(10-21)11-22-19-8-13(2)18(9-17(19)20)23-14(3)25/h4-9,11H,1-3H3,(H,22,24)(H,23,25). The third kappa shape index (κ3) is 3.43. The minimum atomic E-state index is -0.139. The number of carbonyl (C=O) groups is 1. The number of carbonyl (C=O) groups excluding carboxylic acids is 1. The number of aromatic nitrogens is 1. The molecular formula is C20H18N4O. The second-order valence-electron chi connectivity index (χ2n) is 6.02. The van der Waals surface area contributed by atoms with Crippen molar-refractivity contribution >= 4 is 33.9 Å². The molecule has 1 heterocycles. The van der Waals surface area contributed by atoms with Gasteiger partial charge in [0.05, 0.1) is 16.8 Å². The van der Waals surface area contributed by atoms with Gasteiger partial charge in [-0.2, -0.15) is 5.26 Å². The second kappa shape index (κ2) is 6.62. The summed E-state index contributed by atoms with van der Waals surface area (Å²) in [7, 11) is 0. The molecule has 0 aliphatic heterocycles. The zero-order valence-electron chi connectivity index (χ0n) is 14.3. The number of benzene rings is 2. The van der Waals surface area contributed by atoms with Crippen molar-refractivity contribution in [2.24, 2.45) is 0 Å². The van der Waals surface area contributed by atoms with E-state index in [1.165, 1.54) is 6.92 Å². The summed E-state index contributed by atoms with van der Waals surface area (Å²) in [5.74, 6) is -0.139. The van der Waals surface area contributed by atoms with Crippen LogP contribution in [0.3, 0.4) is 0 Å². The van der Waals surface area contributed by atoms with Crippen LogP contribution in [0.5, 0.6) is 0 Å². The summed E-state index contributed by atoms with van der Waals surface area (Å²) in [5.41, 5.74) is 5.57. The Hall–Kier alpha value is -3.39. The molecular weight excluding hydrogens is 312 g/mol. The van der Waals surface area contributed by atoms with E-state index in [0.29, 0.717) is 16.9 Å². The van der Waals surface area contributed by atoms with E-state index in [9.17, 15) is 10.1 Å². The van der Waals surface area contributed by atoms with Gasteiger partial charge in [-0.1, -0.05) is 17.7 Å². The van der Waals surface area contributed by atoms with E-state index in [1.807, 2.05) is 50.2 Å². The molecule has 25 heavy (non-hydrogen) atoms. The fourth-order valence-electron chi connectivity index (χ4n) is 2.67. The molecule has 5 nitrogen and oxygen atoms in total. The van der Waals surface area contributed by atoms with Crippen molar-refractivity contribution in [2.45, 2.75) is 20.8 Å². The average Bonchev–Trinajstić information content (AvgIpc) is 2.58. The molecule has 0 aliphatic carbocycles. The van der Waals surface area contributed by atoms with Gasteiger partial charge < -0.3 is 10.6 Å². The zero-order chi connectivity index (χ0) is 18.0. The molecule has 0 fully saturated rings. The SMILES string of the molecule is CC(=O)Nc1cc2c(Nc3ccc(C)cc3)c(C#N)cnc2cc1C. The van der Waals surface area contributed by atoms with E-state index < -0.39 is 0 Å². The smallest absolute Gasteiger partial charge is 0.221 e. The molecule has 0 spiro atoms. The van der Waals surface area contributed by atoms with Gasteiger partial charge in [0.1, 0.15) is 6.07 Å². The molecule has 5 heteroatoms. The van der Waals surface area contributed by atoms with Crippen molar-refractivity contribution in [1.82, 2.24) is 4.98 Å². The average molecular weight is 330 g/mol. The molecule has 1 amide bonds. The highest BCUT2D eigenvalue weighted by molar-refractivity contribution is 6.00. The fourth-order valence-corrected chi connectivity index (χ4v) is 2.67. The maximum atomic E-state index is 11.4. The fraction of sp³-hybridized carbons (Fsp3) is 0.150. The lowest BCUT2D eigenvalue weighted by atomic mass is 10.1. The molecule has 3 aromatic rings. The molecule has 3 rings (SSSR count). The molecule has 0 aliphatic rings. The first-order valence-electron chi connectivity index (χ1n) is 7.92. The summed E-state index contributed by atoms with van der Waals surface area (Å²) in [6, 6.07) is 13.9. The van der Waals surface area contributed by atoms with Crippen molar-refractivity contribution in [3.05, 3.63) is 59.3 Å². The van der Waals surface area contributed by atoms with Crippen LogP contribution in [0, 0.1) is 25.2 Å². The van der Waals surface area contributed by atoms with Gasteiger partial charge in [-0.05, 0) is 43.7 Å². The third-order valence-electron chi connectivity index (χ3n) is 3.97. The Morgan fingerprint density at radius 2 is 1.88 bits per heavy atom. The van der Waals surface area contributed by atoms with E-state index in [-0.39, 0.29) is 5.91 Å². The summed E-state index contributed by atoms with van der Waals surface area (Å²) in [6.45, 7) is 5.41. The lowest BCUT2D eigenvalue weighted by molar-refractivity contribution is -0.114. The summed E-state index contributed by atoms with van der Waals surface area (Å²) in [6.07, 6.45) is 1.57. The van der Waals surface area contributed by atoms with Crippen molar-refractivity contribution in [2.75, 3.05) is 10.6 Å². The van der Waals surface area contributed by atoms with Crippen LogP contribution in [0.2, 0.25) is 0 Å². The summed E-state index contributed by atoms with van der Waals surface area (Å²) < 4.78 is 0. The van der Waals surface area contributed by atoms with Crippen LogP contribution >= 0.6 is 0 Å². The van der Waals surface area contributed by atoms with E-state index in [0.717, 1.165) is 27.7 Å². The maximum absolute atomic E-state index is 11.4. The highest BCUT2D eigenvalue weighted by Crippen LogP contribution is 2.32. The van der Waals surface area contributed by atoms with Crippen molar-refractivity contribution in [3.8, 4) is 6.07 Å². The Labute approximate surface area is 146 Å². The first-order valence-corrected chi connectivity index (χ1v) is 7.92. The number of nitrogens with one attached hydrogen (secondary N) is 2. The van der Waals surface area contributed by atoms with Crippen LogP contribution in [0.15, 0.2) is 42.6 Å². The van der Waals surface area contributed by atoms with Crippen LogP contribution in [0.25, 0.3) is 10.9 Å². The molecule has 0 saturated heterocycles. The van der Waals surface area contributed by atoms with Crippen LogP contribution in [0.4, 0.5) is 17.1 Å². The van der Waals surface area contributed by atoms with E-state index in [2.05, 4.69) is 21.7 Å². The highest BCUT2D eigenvalue weighted by Gasteiger charge is 2.12. The number of fused-ring (bicyclic) bond motifs is 1. The number of aryl methyl sites for hydroxylation is 2. The highest BCUT2D eigenvalue weighted by atomic mass is 16.1. The van der Waals surface area contributed by atoms with Gasteiger partial charge in [-0.25, -0.2) is 0 Å². The monoisotopic (exact) mass is 330 g/mol. The van der Waals surface area contributed by atoms with Crippen molar-refractivity contribution in [1.29, 1.82) is 5.26 Å². The van der Waals surface area contributed by atoms with Gasteiger partial charge in [0.25, 0.3) is 0 Å². The number of nitrogens with zero attached hydrogens (tertiary/aromatic N) is 2. The molecule has 0 saturated carbocycles. The number of pyridine rings is 1. The Balaban J connectivity index is 2.18. The maximum Gasteiger partial charge on any atom is 0.221 e. The van der Waals surface area contributed by atoms with Gasteiger partial charge >= 0.3 is 0 Å². The lowest BCUT2D eigenvalue weighted by Gasteiger charge is -2.14. The van der Waals surface area contributed by atoms with Gasteiger partial charge in [-0.3, -0.25) is 9.78 Å². The van der Waals surface area contributed by atoms with Gasteiger partial charge in [-0.15, -0.1) is 0 Å². The number of hydrogen-bond acceptors (Lipinski definition) is 4. The zero-order valence-corrected chi connectivity index (χ0v) is 14.3. The Morgan fingerprint density at radius 3 is 2.52 bits per heavy atom. The number of hydrogen-bond donors (Lipinski definition) is 2. The largest absolute Gasteiger partial charge is 0.354 e. The minimum Gasteiger partial charge on any atom is -0.354 e.